The molecule has 0 saturated heterocycles. The third kappa shape index (κ3) is 3.30. The molecule has 2 rings (SSSR count). The van der Waals surface area contributed by atoms with Crippen LogP contribution < -0.4 is 10.6 Å². The van der Waals surface area contributed by atoms with Crippen LogP contribution in [-0.2, 0) is 6.42 Å². The number of rotatable bonds is 5. The molecule has 2 aromatic heterocycles. The quantitative estimate of drug-likeness (QED) is 0.860. The lowest BCUT2D eigenvalue weighted by molar-refractivity contribution is 0.687. The molecule has 0 fully saturated rings. The van der Waals surface area contributed by atoms with Gasteiger partial charge >= 0.3 is 0 Å². The number of aromatic nitrogens is 1. The third-order valence-electron chi connectivity index (χ3n) is 3.18. The third-order valence-corrected chi connectivity index (χ3v) is 4.30. The average molecular weight is 291 g/mol. The molecule has 1 unspecified atom stereocenters. The summed E-state index contributed by atoms with van der Waals surface area (Å²) in [5.74, 6) is 0. The first-order valence-corrected chi connectivity index (χ1v) is 7.37. The molecule has 0 bridgehead atoms. The first-order chi connectivity index (χ1) is 9.09. The van der Waals surface area contributed by atoms with Gasteiger partial charge in [0.1, 0.15) is 4.99 Å². The van der Waals surface area contributed by atoms with E-state index < -0.39 is 0 Å². The average Bonchev–Trinajstić information content (AvgIpc) is 2.90. The van der Waals surface area contributed by atoms with E-state index in [0.717, 1.165) is 17.7 Å². The normalized spacial score (nSPS) is 12.1. The maximum absolute atomic E-state index is 5.77. The molecule has 0 amide bonds. The molecule has 19 heavy (non-hydrogen) atoms. The molecule has 0 saturated carbocycles. The Hall–Kier alpha value is -1.46. The fourth-order valence-corrected chi connectivity index (χ4v) is 2.97. The highest BCUT2D eigenvalue weighted by molar-refractivity contribution is 7.80. The standard InChI is InChI=1S/C14H17N3S2/c1-10(8-11-4-3-7-19-11)17(2)13-9-16-6-5-12(13)14(15)18/h3-7,9-10H,8H2,1-2H3,(H2,15,18). The molecular weight excluding hydrogens is 274 g/mol. The minimum absolute atomic E-state index is 0.357. The van der Waals surface area contributed by atoms with Crippen LogP contribution in [0.2, 0.25) is 0 Å². The van der Waals surface area contributed by atoms with Crippen LogP contribution in [-0.4, -0.2) is 23.1 Å². The van der Waals surface area contributed by atoms with Gasteiger partial charge < -0.3 is 10.6 Å². The van der Waals surface area contributed by atoms with E-state index in [2.05, 4.69) is 41.4 Å². The zero-order valence-corrected chi connectivity index (χ0v) is 12.7. The minimum atomic E-state index is 0.357. The maximum Gasteiger partial charge on any atom is 0.106 e. The monoisotopic (exact) mass is 291 g/mol. The minimum Gasteiger partial charge on any atom is -0.389 e. The number of nitrogens with zero attached hydrogens (tertiary/aromatic N) is 2. The van der Waals surface area contributed by atoms with Crippen LogP contribution in [0.4, 0.5) is 5.69 Å². The molecule has 0 aromatic carbocycles. The van der Waals surface area contributed by atoms with Crippen molar-refractivity contribution in [3.05, 3.63) is 46.4 Å². The Labute approximate surface area is 123 Å². The Morgan fingerprint density at radius 1 is 1.53 bits per heavy atom. The smallest absolute Gasteiger partial charge is 0.106 e. The van der Waals surface area contributed by atoms with Crippen molar-refractivity contribution >= 4 is 34.2 Å². The molecule has 0 aliphatic carbocycles. The lowest BCUT2D eigenvalue weighted by atomic mass is 10.1. The lowest BCUT2D eigenvalue weighted by Gasteiger charge is -2.28. The highest BCUT2D eigenvalue weighted by atomic mass is 32.1. The van der Waals surface area contributed by atoms with Gasteiger partial charge in [0.05, 0.1) is 11.9 Å². The van der Waals surface area contributed by atoms with E-state index in [1.807, 2.05) is 12.3 Å². The first-order valence-electron chi connectivity index (χ1n) is 6.08. The Morgan fingerprint density at radius 2 is 2.32 bits per heavy atom. The van der Waals surface area contributed by atoms with E-state index in [1.165, 1.54) is 4.88 Å². The van der Waals surface area contributed by atoms with Gasteiger partial charge in [0.15, 0.2) is 0 Å². The molecule has 1 atom stereocenters. The van der Waals surface area contributed by atoms with Crippen LogP contribution >= 0.6 is 23.6 Å². The van der Waals surface area contributed by atoms with Crippen molar-refractivity contribution in [1.29, 1.82) is 0 Å². The van der Waals surface area contributed by atoms with Crippen LogP contribution in [0, 0.1) is 0 Å². The van der Waals surface area contributed by atoms with Crippen molar-refractivity contribution in [3.63, 3.8) is 0 Å². The molecular formula is C14H17N3S2. The van der Waals surface area contributed by atoms with Gasteiger partial charge in [0.25, 0.3) is 0 Å². The summed E-state index contributed by atoms with van der Waals surface area (Å²) in [6.45, 7) is 2.19. The second-order valence-electron chi connectivity index (χ2n) is 4.50. The van der Waals surface area contributed by atoms with E-state index >= 15 is 0 Å². The van der Waals surface area contributed by atoms with E-state index in [-0.39, 0.29) is 0 Å². The largest absolute Gasteiger partial charge is 0.389 e. The molecule has 2 N–H and O–H groups in total. The van der Waals surface area contributed by atoms with E-state index in [1.54, 1.807) is 17.5 Å². The second-order valence-corrected chi connectivity index (χ2v) is 5.97. The number of hydrogen-bond acceptors (Lipinski definition) is 4. The van der Waals surface area contributed by atoms with Gasteiger partial charge in [0, 0.05) is 36.1 Å². The van der Waals surface area contributed by atoms with Gasteiger partial charge in [-0.2, -0.15) is 0 Å². The van der Waals surface area contributed by atoms with Crippen LogP contribution in [0.15, 0.2) is 36.0 Å². The van der Waals surface area contributed by atoms with Crippen molar-refractivity contribution in [1.82, 2.24) is 4.98 Å². The van der Waals surface area contributed by atoms with Crippen molar-refractivity contribution < 1.29 is 0 Å². The van der Waals surface area contributed by atoms with Crippen LogP contribution in [0.25, 0.3) is 0 Å². The number of anilines is 1. The Balaban J connectivity index is 2.19. The Morgan fingerprint density at radius 3 is 2.95 bits per heavy atom. The lowest BCUT2D eigenvalue weighted by Crippen LogP contribution is -2.32. The van der Waals surface area contributed by atoms with Crippen molar-refractivity contribution in [2.45, 2.75) is 19.4 Å². The van der Waals surface area contributed by atoms with Crippen LogP contribution in [0.5, 0.6) is 0 Å². The van der Waals surface area contributed by atoms with Gasteiger partial charge in [-0.05, 0) is 24.4 Å². The summed E-state index contributed by atoms with van der Waals surface area (Å²) in [5, 5.41) is 2.10. The number of hydrogen-bond donors (Lipinski definition) is 1. The molecule has 0 spiro atoms. The zero-order valence-electron chi connectivity index (χ0n) is 11.0. The topological polar surface area (TPSA) is 42.2 Å². The van der Waals surface area contributed by atoms with E-state index in [0.29, 0.717) is 11.0 Å². The zero-order chi connectivity index (χ0) is 13.8. The van der Waals surface area contributed by atoms with E-state index in [9.17, 15) is 0 Å². The molecule has 2 aromatic rings. The number of nitrogens with two attached hydrogens (primary N) is 1. The van der Waals surface area contributed by atoms with E-state index in [4.69, 9.17) is 18.0 Å². The SMILES string of the molecule is CC(Cc1cccs1)N(C)c1cnccc1C(N)=S. The van der Waals surface area contributed by atoms with Gasteiger partial charge in [-0.15, -0.1) is 11.3 Å². The summed E-state index contributed by atoms with van der Waals surface area (Å²) >= 11 is 6.88. The Kier molecular flexibility index (Phi) is 4.50. The summed E-state index contributed by atoms with van der Waals surface area (Å²) in [4.78, 5) is 8.14. The molecule has 2 heterocycles. The van der Waals surface area contributed by atoms with Crippen molar-refractivity contribution in [2.24, 2.45) is 5.73 Å². The number of likely N-dealkylation sites (N-methyl/N-ethyl adjacent to an activating group) is 1. The highest BCUT2D eigenvalue weighted by Crippen LogP contribution is 2.22. The molecule has 0 aliphatic rings. The van der Waals surface area contributed by atoms with Crippen LogP contribution in [0.1, 0.15) is 17.4 Å². The van der Waals surface area contributed by atoms with Gasteiger partial charge in [-0.1, -0.05) is 18.3 Å². The fraction of sp³-hybridized carbons (Fsp3) is 0.286. The summed E-state index contributed by atoms with van der Waals surface area (Å²) < 4.78 is 0. The predicted octanol–water partition coefficient (Wildman–Crippen LogP) is 2.84. The number of thiophene rings is 1. The molecule has 5 heteroatoms. The van der Waals surface area contributed by atoms with Gasteiger partial charge in [0.2, 0.25) is 0 Å². The molecule has 3 nitrogen and oxygen atoms in total. The van der Waals surface area contributed by atoms with Gasteiger partial charge in [-0.3, -0.25) is 4.98 Å². The highest BCUT2D eigenvalue weighted by Gasteiger charge is 2.15. The van der Waals surface area contributed by atoms with Crippen molar-refractivity contribution in [3.8, 4) is 0 Å². The van der Waals surface area contributed by atoms with Crippen molar-refractivity contribution in [2.75, 3.05) is 11.9 Å². The summed E-state index contributed by atoms with van der Waals surface area (Å²) in [6.07, 6.45) is 4.54. The number of thiocarbonyl (C=S) groups is 1. The Bertz CT molecular complexity index is 552. The molecule has 0 aliphatic heterocycles. The molecule has 0 radical (unpaired) electrons. The number of pyridine rings is 1. The molecule has 100 valence electrons. The fourth-order valence-electron chi connectivity index (χ4n) is 1.97. The van der Waals surface area contributed by atoms with Crippen LogP contribution in [0.3, 0.4) is 0 Å². The summed E-state index contributed by atoms with van der Waals surface area (Å²) in [7, 11) is 2.05. The van der Waals surface area contributed by atoms with Gasteiger partial charge in [-0.25, -0.2) is 0 Å². The second kappa shape index (κ2) is 6.12. The first kappa shape index (κ1) is 14.0. The maximum atomic E-state index is 5.77. The predicted molar refractivity (Wildman–Crippen MR) is 86.0 cm³/mol. The summed E-state index contributed by atoms with van der Waals surface area (Å²) in [5.41, 5.74) is 7.63. The summed E-state index contributed by atoms with van der Waals surface area (Å²) in [6, 6.07) is 6.46.